The number of hydrogen-bond donors (Lipinski definition) is 2. The maximum absolute atomic E-state index is 11.8. The van der Waals surface area contributed by atoms with Crippen molar-refractivity contribution in [1.29, 1.82) is 0 Å². The van der Waals surface area contributed by atoms with Crippen LogP contribution in [0, 0.1) is 6.92 Å². The van der Waals surface area contributed by atoms with Crippen molar-refractivity contribution in [2.24, 2.45) is 0 Å². The van der Waals surface area contributed by atoms with Crippen molar-refractivity contribution >= 4 is 38.9 Å². The molecule has 0 fully saturated rings. The van der Waals surface area contributed by atoms with Crippen molar-refractivity contribution in [1.82, 2.24) is 5.32 Å². The second-order valence-electron chi connectivity index (χ2n) is 4.56. The molecule has 2 aromatic rings. The minimum atomic E-state index is -0.0592. The molecule has 1 aromatic heterocycles. The first-order valence-electron chi connectivity index (χ1n) is 6.35. The highest BCUT2D eigenvalue weighted by molar-refractivity contribution is 9.10. The van der Waals surface area contributed by atoms with Crippen molar-refractivity contribution in [3.63, 3.8) is 0 Å². The van der Waals surface area contributed by atoms with Gasteiger partial charge in [0, 0.05) is 27.6 Å². The van der Waals surface area contributed by atoms with Crippen molar-refractivity contribution in [2.75, 3.05) is 12.4 Å². The van der Waals surface area contributed by atoms with Crippen LogP contribution in [0.1, 0.15) is 33.8 Å². The van der Waals surface area contributed by atoms with Gasteiger partial charge in [0.05, 0.1) is 6.04 Å². The average Bonchev–Trinajstić information content (AvgIpc) is 2.86. The van der Waals surface area contributed by atoms with Crippen LogP contribution in [0.2, 0.25) is 0 Å². The van der Waals surface area contributed by atoms with Gasteiger partial charge in [0.2, 0.25) is 0 Å². The van der Waals surface area contributed by atoms with E-state index in [1.54, 1.807) is 18.4 Å². The molecule has 1 heterocycles. The number of halogens is 1. The predicted molar refractivity (Wildman–Crippen MR) is 88.6 cm³/mol. The summed E-state index contributed by atoms with van der Waals surface area (Å²) in [6.45, 7) is 4.08. The van der Waals surface area contributed by atoms with Crippen molar-refractivity contribution in [3.05, 3.63) is 50.1 Å². The maximum atomic E-state index is 11.8. The smallest absolute Gasteiger partial charge is 0.251 e. The quantitative estimate of drug-likeness (QED) is 0.858. The number of nitrogens with one attached hydrogen (secondary N) is 2. The summed E-state index contributed by atoms with van der Waals surface area (Å²) in [7, 11) is 1.65. The van der Waals surface area contributed by atoms with E-state index in [-0.39, 0.29) is 11.9 Å². The van der Waals surface area contributed by atoms with Gasteiger partial charge in [-0.1, -0.05) is 6.07 Å². The standard InChI is InChI=1S/C15H17BrN2OS/c1-9-11(15(19)17-3)5-4-6-13(9)18-10(2)14-12(16)7-8-20-14/h4-8,10,18H,1-3H3,(H,17,19). The van der Waals surface area contributed by atoms with E-state index in [2.05, 4.69) is 38.9 Å². The van der Waals surface area contributed by atoms with Gasteiger partial charge in [0.25, 0.3) is 5.91 Å². The molecule has 0 spiro atoms. The van der Waals surface area contributed by atoms with Crippen LogP contribution in [0.3, 0.4) is 0 Å². The van der Waals surface area contributed by atoms with Gasteiger partial charge in [-0.3, -0.25) is 4.79 Å². The summed E-state index contributed by atoms with van der Waals surface area (Å²) >= 11 is 5.26. The molecule has 0 aliphatic rings. The van der Waals surface area contributed by atoms with Crippen LogP contribution < -0.4 is 10.6 Å². The molecule has 0 aliphatic carbocycles. The zero-order valence-electron chi connectivity index (χ0n) is 11.7. The average molecular weight is 353 g/mol. The number of anilines is 1. The Labute approximate surface area is 131 Å². The summed E-state index contributed by atoms with van der Waals surface area (Å²) in [5.74, 6) is -0.0592. The lowest BCUT2D eigenvalue weighted by Gasteiger charge is -2.18. The van der Waals surface area contributed by atoms with Crippen molar-refractivity contribution < 1.29 is 4.79 Å². The summed E-state index contributed by atoms with van der Waals surface area (Å²) in [5.41, 5.74) is 2.65. The Morgan fingerprint density at radius 2 is 2.10 bits per heavy atom. The SMILES string of the molecule is CNC(=O)c1cccc(NC(C)c2sccc2Br)c1C. The highest BCUT2D eigenvalue weighted by Gasteiger charge is 2.14. The van der Waals surface area contributed by atoms with Crippen LogP contribution in [0.4, 0.5) is 5.69 Å². The topological polar surface area (TPSA) is 41.1 Å². The lowest BCUT2D eigenvalue weighted by Crippen LogP contribution is -2.19. The largest absolute Gasteiger partial charge is 0.377 e. The van der Waals surface area contributed by atoms with E-state index >= 15 is 0 Å². The van der Waals surface area contributed by atoms with E-state index < -0.39 is 0 Å². The molecule has 0 bridgehead atoms. The maximum Gasteiger partial charge on any atom is 0.251 e. The number of carbonyl (C=O) groups is 1. The van der Waals surface area contributed by atoms with Gasteiger partial charge in [-0.05, 0) is 58.9 Å². The van der Waals surface area contributed by atoms with Gasteiger partial charge in [0.15, 0.2) is 0 Å². The van der Waals surface area contributed by atoms with E-state index in [0.29, 0.717) is 5.56 Å². The van der Waals surface area contributed by atoms with E-state index in [1.807, 2.05) is 31.2 Å². The highest BCUT2D eigenvalue weighted by atomic mass is 79.9. The molecule has 1 atom stereocenters. The number of hydrogen-bond acceptors (Lipinski definition) is 3. The molecule has 106 valence electrons. The lowest BCUT2D eigenvalue weighted by atomic mass is 10.1. The summed E-state index contributed by atoms with van der Waals surface area (Å²) in [4.78, 5) is 13.1. The van der Waals surface area contributed by atoms with E-state index in [1.165, 1.54) is 4.88 Å². The molecule has 5 heteroatoms. The molecule has 0 saturated heterocycles. The Hall–Kier alpha value is -1.33. The highest BCUT2D eigenvalue weighted by Crippen LogP contribution is 2.32. The number of carbonyl (C=O) groups excluding carboxylic acids is 1. The summed E-state index contributed by atoms with van der Waals surface area (Å²) < 4.78 is 1.11. The zero-order valence-corrected chi connectivity index (χ0v) is 14.1. The zero-order chi connectivity index (χ0) is 14.7. The minimum absolute atomic E-state index is 0.0592. The molecule has 0 saturated carbocycles. The molecule has 3 nitrogen and oxygen atoms in total. The molecule has 0 aliphatic heterocycles. The molecular weight excluding hydrogens is 336 g/mol. The summed E-state index contributed by atoms with van der Waals surface area (Å²) in [6.07, 6.45) is 0. The lowest BCUT2D eigenvalue weighted by molar-refractivity contribution is 0.0962. The molecule has 1 aromatic carbocycles. The molecule has 2 N–H and O–H groups in total. The second kappa shape index (κ2) is 6.41. The number of thiophene rings is 1. The van der Waals surface area contributed by atoms with Crippen LogP contribution in [0.25, 0.3) is 0 Å². The molecule has 1 unspecified atom stereocenters. The fraction of sp³-hybridized carbons (Fsp3) is 0.267. The molecule has 20 heavy (non-hydrogen) atoms. The fourth-order valence-corrected chi connectivity index (χ4v) is 3.81. The van der Waals surface area contributed by atoms with Crippen LogP contribution in [0.15, 0.2) is 34.1 Å². The van der Waals surface area contributed by atoms with Crippen molar-refractivity contribution in [3.8, 4) is 0 Å². The van der Waals surface area contributed by atoms with E-state index in [0.717, 1.165) is 15.7 Å². The van der Waals surface area contributed by atoms with Crippen LogP contribution in [0.5, 0.6) is 0 Å². The van der Waals surface area contributed by atoms with Gasteiger partial charge in [-0.15, -0.1) is 11.3 Å². The molecule has 2 rings (SSSR count). The van der Waals surface area contributed by atoms with E-state index in [9.17, 15) is 4.79 Å². The third kappa shape index (κ3) is 3.04. The number of benzene rings is 1. The van der Waals surface area contributed by atoms with Crippen LogP contribution in [-0.2, 0) is 0 Å². The van der Waals surface area contributed by atoms with Gasteiger partial charge in [0.1, 0.15) is 0 Å². The Kier molecular flexibility index (Phi) is 4.83. The third-order valence-electron chi connectivity index (χ3n) is 3.22. The van der Waals surface area contributed by atoms with Gasteiger partial charge >= 0.3 is 0 Å². The van der Waals surface area contributed by atoms with Gasteiger partial charge in [-0.25, -0.2) is 0 Å². The Morgan fingerprint density at radius 1 is 1.35 bits per heavy atom. The predicted octanol–water partition coefficient (Wildman–Crippen LogP) is 4.35. The first kappa shape index (κ1) is 15.1. The Balaban J connectivity index is 2.26. The molecule has 0 radical (unpaired) electrons. The third-order valence-corrected chi connectivity index (χ3v) is 5.27. The minimum Gasteiger partial charge on any atom is -0.377 e. The normalized spacial score (nSPS) is 12.0. The Bertz CT molecular complexity index is 624. The second-order valence-corrected chi connectivity index (χ2v) is 6.36. The monoisotopic (exact) mass is 352 g/mol. The fourth-order valence-electron chi connectivity index (χ4n) is 2.09. The van der Waals surface area contributed by atoms with Crippen molar-refractivity contribution in [2.45, 2.75) is 19.9 Å². The number of rotatable bonds is 4. The molecule has 1 amide bonds. The van der Waals surface area contributed by atoms with E-state index in [4.69, 9.17) is 0 Å². The number of amides is 1. The Morgan fingerprint density at radius 3 is 2.70 bits per heavy atom. The van der Waals surface area contributed by atoms with Crippen LogP contribution >= 0.6 is 27.3 Å². The first-order valence-corrected chi connectivity index (χ1v) is 8.03. The molecular formula is C15H17BrN2OS. The summed E-state index contributed by atoms with van der Waals surface area (Å²) in [5, 5.41) is 8.20. The van der Waals surface area contributed by atoms with Gasteiger partial charge in [-0.2, -0.15) is 0 Å². The first-order chi connectivity index (χ1) is 9.54. The van der Waals surface area contributed by atoms with Gasteiger partial charge < -0.3 is 10.6 Å². The van der Waals surface area contributed by atoms with Crippen LogP contribution in [-0.4, -0.2) is 13.0 Å². The summed E-state index contributed by atoms with van der Waals surface area (Å²) in [6, 6.07) is 7.97.